The van der Waals surface area contributed by atoms with Gasteiger partial charge in [0.1, 0.15) is 0 Å². The van der Waals surface area contributed by atoms with Crippen molar-refractivity contribution < 1.29 is 4.79 Å². The Labute approximate surface area is 120 Å². The molecule has 106 valence electrons. The molecular formula is C16H21N3O. The van der Waals surface area contributed by atoms with E-state index in [1.165, 1.54) is 0 Å². The first-order valence-corrected chi connectivity index (χ1v) is 6.76. The lowest BCUT2D eigenvalue weighted by Crippen LogP contribution is -2.21. The largest absolute Gasteiger partial charge is 0.327 e. The van der Waals surface area contributed by atoms with Gasteiger partial charge < -0.3 is 5.32 Å². The van der Waals surface area contributed by atoms with Crippen molar-refractivity contribution >= 4 is 18.3 Å². The van der Waals surface area contributed by atoms with Crippen LogP contribution in [-0.4, -0.2) is 18.3 Å². The second-order valence-corrected chi connectivity index (χ2v) is 4.32. The van der Waals surface area contributed by atoms with Crippen LogP contribution < -0.4 is 5.32 Å². The van der Waals surface area contributed by atoms with E-state index in [4.69, 9.17) is 0 Å². The summed E-state index contributed by atoms with van der Waals surface area (Å²) in [5, 5.41) is 2.63. The van der Waals surface area contributed by atoms with Crippen LogP contribution in [0.1, 0.15) is 33.1 Å². The predicted molar refractivity (Wildman–Crippen MR) is 84.8 cm³/mol. The number of hydrogen-bond donors (Lipinski definition) is 1. The number of carbonyl (C=O) groups excluding carboxylic acids is 1. The highest BCUT2D eigenvalue weighted by molar-refractivity contribution is 6.15. The van der Waals surface area contributed by atoms with Crippen LogP contribution in [0, 0.1) is 0 Å². The van der Waals surface area contributed by atoms with Crippen molar-refractivity contribution in [1.82, 2.24) is 5.32 Å². The van der Waals surface area contributed by atoms with Gasteiger partial charge in [0.2, 0.25) is 6.41 Å². The number of rotatable bonds is 7. The Balaban J connectivity index is 2.98. The van der Waals surface area contributed by atoms with Crippen LogP contribution in [0.3, 0.4) is 0 Å². The monoisotopic (exact) mass is 271 g/mol. The highest BCUT2D eigenvalue weighted by Gasteiger charge is 2.11. The predicted octanol–water partition coefficient (Wildman–Crippen LogP) is 3.31. The summed E-state index contributed by atoms with van der Waals surface area (Å²) in [5.74, 6) is 0. The molecule has 1 aliphatic carbocycles. The maximum absolute atomic E-state index is 10.6. The molecule has 4 nitrogen and oxygen atoms in total. The molecule has 0 aliphatic heterocycles. The zero-order valence-corrected chi connectivity index (χ0v) is 12.1. The van der Waals surface area contributed by atoms with E-state index in [-0.39, 0.29) is 0 Å². The van der Waals surface area contributed by atoms with Gasteiger partial charge in [0, 0.05) is 12.4 Å². The van der Waals surface area contributed by atoms with Gasteiger partial charge in [-0.15, -0.1) is 0 Å². The molecular weight excluding hydrogens is 250 g/mol. The van der Waals surface area contributed by atoms with Gasteiger partial charge in [0.15, 0.2) is 0 Å². The third kappa shape index (κ3) is 4.80. The fraction of sp³-hybridized carbons (Fsp3) is 0.312. The molecule has 0 saturated carbocycles. The molecule has 0 aromatic heterocycles. The van der Waals surface area contributed by atoms with E-state index < -0.39 is 0 Å². The quantitative estimate of drug-likeness (QED) is 0.560. The Morgan fingerprint density at radius 1 is 1.50 bits per heavy atom. The SMILES string of the molecule is C=C1C=CC=C(NC=O)C1=N/C=C(/CCCC)N=CC. The van der Waals surface area contributed by atoms with E-state index in [0.717, 1.165) is 30.5 Å². The minimum atomic E-state index is 0.639. The summed E-state index contributed by atoms with van der Waals surface area (Å²) in [4.78, 5) is 19.4. The van der Waals surface area contributed by atoms with Crippen LogP contribution in [0.2, 0.25) is 0 Å². The molecule has 1 rings (SSSR count). The molecule has 1 N–H and O–H groups in total. The summed E-state index contributed by atoms with van der Waals surface area (Å²) in [6, 6.07) is 0. The van der Waals surface area contributed by atoms with Gasteiger partial charge in [-0.05, 0) is 31.4 Å². The van der Waals surface area contributed by atoms with Crippen molar-refractivity contribution in [2.75, 3.05) is 0 Å². The maximum atomic E-state index is 10.6. The topological polar surface area (TPSA) is 53.8 Å². The highest BCUT2D eigenvalue weighted by Crippen LogP contribution is 2.14. The van der Waals surface area contributed by atoms with Gasteiger partial charge in [-0.25, -0.2) is 0 Å². The fourth-order valence-corrected chi connectivity index (χ4v) is 1.75. The highest BCUT2D eigenvalue weighted by atomic mass is 16.1. The first-order valence-electron chi connectivity index (χ1n) is 6.76. The minimum absolute atomic E-state index is 0.639. The first kappa shape index (κ1) is 15.8. The molecule has 0 atom stereocenters. The summed E-state index contributed by atoms with van der Waals surface area (Å²) in [6.45, 7) is 7.96. The number of nitrogens with one attached hydrogen (secondary N) is 1. The van der Waals surface area contributed by atoms with E-state index in [9.17, 15) is 4.79 Å². The zero-order valence-electron chi connectivity index (χ0n) is 12.1. The lowest BCUT2D eigenvalue weighted by atomic mass is 10.0. The van der Waals surface area contributed by atoms with Crippen molar-refractivity contribution in [3.8, 4) is 0 Å². The molecule has 0 aromatic carbocycles. The molecule has 1 aliphatic rings. The van der Waals surface area contributed by atoms with Crippen LogP contribution >= 0.6 is 0 Å². The van der Waals surface area contributed by atoms with Crippen LogP contribution in [0.25, 0.3) is 0 Å². The van der Waals surface area contributed by atoms with Crippen molar-refractivity contribution in [2.45, 2.75) is 33.1 Å². The lowest BCUT2D eigenvalue weighted by molar-refractivity contribution is -0.108. The Morgan fingerprint density at radius 2 is 2.30 bits per heavy atom. The third-order valence-corrected chi connectivity index (χ3v) is 2.76. The number of nitrogens with zero attached hydrogens (tertiary/aromatic N) is 2. The molecule has 0 aromatic rings. The zero-order chi connectivity index (χ0) is 14.8. The van der Waals surface area contributed by atoms with Crippen molar-refractivity contribution in [3.63, 3.8) is 0 Å². The van der Waals surface area contributed by atoms with Gasteiger partial charge >= 0.3 is 0 Å². The van der Waals surface area contributed by atoms with Crippen molar-refractivity contribution in [2.24, 2.45) is 9.98 Å². The number of hydrogen-bond acceptors (Lipinski definition) is 3. The normalized spacial score (nSPS) is 17.7. The van der Waals surface area contributed by atoms with Gasteiger partial charge in [0.05, 0.1) is 17.1 Å². The Hall–Kier alpha value is -2.23. The Bertz CT molecular complexity index is 508. The maximum Gasteiger partial charge on any atom is 0.211 e. The molecule has 1 amide bonds. The first-order chi connectivity index (χ1) is 9.72. The summed E-state index contributed by atoms with van der Waals surface area (Å²) in [5.41, 5.74) is 3.01. The van der Waals surface area contributed by atoms with E-state index in [1.807, 2.05) is 19.1 Å². The van der Waals surface area contributed by atoms with Crippen LogP contribution in [0.15, 0.2) is 58.0 Å². The van der Waals surface area contributed by atoms with E-state index >= 15 is 0 Å². The molecule has 0 spiro atoms. The smallest absolute Gasteiger partial charge is 0.211 e. The molecule has 0 radical (unpaired) electrons. The lowest BCUT2D eigenvalue weighted by Gasteiger charge is -2.12. The van der Waals surface area contributed by atoms with E-state index in [1.54, 1.807) is 18.5 Å². The number of amides is 1. The van der Waals surface area contributed by atoms with Crippen LogP contribution in [-0.2, 0) is 4.79 Å². The second-order valence-electron chi connectivity index (χ2n) is 4.32. The third-order valence-electron chi connectivity index (χ3n) is 2.76. The molecule has 0 bridgehead atoms. The molecule has 0 unspecified atom stereocenters. The average molecular weight is 271 g/mol. The summed E-state index contributed by atoms with van der Waals surface area (Å²) >= 11 is 0. The van der Waals surface area contributed by atoms with Crippen molar-refractivity contribution in [3.05, 3.63) is 48.0 Å². The standard InChI is InChI=1S/C16H21N3O/c1-4-6-9-14(17-5-2)11-18-16-13(3)8-7-10-15(16)19-12-20/h5,7-8,10-12H,3-4,6,9H2,1-2H3,(H,19,20)/b14-11-,17-5?,18-16?. The summed E-state index contributed by atoms with van der Waals surface area (Å²) in [6.07, 6.45) is 12.7. The second kappa shape index (κ2) is 8.80. The molecule has 0 fully saturated rings. The fourth-order valence-electron chi connectivity index (χ4n) is 1.75. The number of aliphatic imine (C=N–C) groups is 2. The summed E-state index contributed by atoms with van der Waals surface area (Å²) < 4.78 is 0. The summed E-state index contributed by atoms with van der Waals surface area (Å²) in [7, 11) is 0. The number of carbonyl (C=O) groups is 1. The van der Waals surface area contributed by atoms with E-state index in [2.05, 4.69) is 28.8 Å². The van der Waals surface area contributed by atoms with Gasteiger partial charge in [-0.3, -0.25) is 14.8 Å². The molecule has 4 heteroatoms. The molecule has 0 heterocycles. The number of allylic oxidation sites excluding steroid dienone is 5. The molecule has 20 heavy (non-hydrogen) atoms. The van der Waals surface area contributed by atoms with Gasteiger partial charge in [-0.2, -0.15) is 0 Å². The minimum Gasteiger partial charge on any atom is -0.327 e. The van der Waals surface area contributed by atoms with Crippen LogP contribution in [0.4, 0.5) is 0 Å². The van der Waals surface area contributed by atoms with Gasteiger partial charge in [-0.1, -0.05) is 32.1 Å². The average Bonchev–Trinajstić information content (AvgIpc) is 2.44. The van der Waals surface area contributed by atoms with Crippen LogP contribution in [0.5, 0.6) is 0 Å². The Morgan fingerprint density at radius 3 is 2.95 bits per heavy atom. The molecule has 0 saturated heterocycles. The van der Waals surface area contributed by atoms with E-state index in [0.29, 0.717) is 17.8 Å². The number of unbranched alkanes of at least 4 members (excludes halogenated alkanes) is 1. The Kier molecular flexibility index (Phi) is 6.96. The van der Waals surface area contributed by atoms with Crippen molar-refractivity contribution in [1.29, 1.82) is 0 Å². The van der Waals surface area contributed by atoms with Gasteiger partial charge in [0.25, 0.3) is 0 Å².